The number of likely N-dealkylation sites (tertiary alicyclic amines) is 2. The Morgan fingerprint density at radius 2 is 2.00 bits per heavy atom. The van der Waals surface area contributed by atoms with E-state index in [1.165, 1.54) is 6.92 Å². The molecule has 0 aromatic rings. The zero-order chi connectivity index (χ0) is 18.3. The normalized spacial score (nSPS) is 35.6. The van der Waals surface area contributed by atoms with E-state index in [0.717, 1.165) is 38.8 Å². The van der Waals surface area contributed by atoms with E-state index >= 15 is 0 Å². The SMILES string of the molecule is CC(=O)NCCN1C[C@]23C=C[C@H](O2)[C@H](C(=O)N2CCCCCC2)[C@H]3C1=O. The standard InChI is InChI=1S/C19H27N3O4/c1-13(23)20-8-11-22-12-19-7-6-14(26-19)15(16(19)18(22)25)17(24)21-9-4-2-3-5-10-21/h6-7,14-16H,2-5,8-12H2,1H3,(H,20,23)/t14-,15-,16-,19-/m0/s1. The minimum atomic E-state index is -0.663. The number of ether oxygens (including phenoxy) is 1. The lowest BCUT2D eigenvalue weighted by atomic mass is 9.76. The van der Waals surface area contributed by atoms with Crippen molar-refractivity contribution in [3.05, 3.63) is 12.2 Å². The number of nitrogens with zero attached hydrogens (tertiary/aromatic N) is 2. The van der Waals surface area contributed by atoms with Crippen molar-refractivity contribution in [2.75, 3.05) is 32.7 Å². The summed E-state index contributed by atoms with van der Waals surface area (Å²) < 4.78 is 6.16. The van der Waals surface area contributed by atoms with Crippen molar-refractivity contribution in [2.24, 2.45) is 11.8 Å². The van der Waals surface area contributed by atoms with Gasteiger partial charge in [0.25, 0.3) is 0 Å². The van der Waals surface area contributed by atoms with Gasteiger partial charge < -0.3 is 19.9 Å². The maximum absolute atomic E-state index is 13.2. The number of hydrogen-bond donors (Lipinski definition) is 1. The number of rotatable bonds is 4. The second-order valence-corrected chi connectivity index (χ2v) is 7.88. The highest BCUT2D eigenvalue weighted by molar-refractivity contribution is 5.93. The van der Waals surface area contributed by atoms with E-state index in [-0.39, 0.29) is 23.8 Å². The van der Waals surface area contributed by atoms with E-state index < -0.39 is 17.4 Å². The number of carbonyl (C=O) groups is 3. The summed E-state index contributed by atoms with van der Waals surface area (Å²) in [5.74, 6) is -0.885. The molecule has 0 saturated carbocycles. The number of nitrogens with one attached hydrogen (secondary N) is 1. The molecule has 1 spiro atoms. The molecule has 3 saturated heterocycles. The number of carbonyl (C=O) groups excluding carboxylic acids is 3. The van der Waals surface area contributed by atoms with Crippen LogP contribution >= 0.6 is 0 Å². The maximum Gasteiger partial charge on any atom is 0.230 e. The predicted octanol–water partition coefficient (Wildman–Crippen LogP) is 0.307. The van der Waals surface area contributed by atoms with E-state index in [9.17, 15) is 14.4 Å². The molecule has 3 amide bonds. The summed E-state index contributed by atoms with van der Waals surface area (Å²) in [6, 6.07) is 0. The van der Waals surface area contributed by atoms with Gasteiger partial charge in [-0.25, -0.2) is 0 Å². The summed E-state index contributed by atoms with van der Waals surface area (Å²) in [7, 11) is 0. The van der Waals surface area contributed by atoms with Crippen molar-refractivity contribution in [1.29, 1.82) is 0 Å². The van der Waals surface area contributed by atoms with Crippen molar-refractivity contribution in [1.82, 2.24) is 15.1 Å². The van der Waals surface area contributed by atoms with Gasteiger partial charge in [0.05, 0.1) is 24.5 Å². The van der Waals surface area contributed by atoms with E-state index in [2.05, 4.69) is 5.32 Å². The zero-order valence-electron chi connectivity index (χ0n) is 15.3. The van der Waals surface area contributed by atoms with Crippen LogP contribution in [0.15, 0.2) is 12.2 Å². The molecular weight excluding hydrogens is 334 g/mol. The van der Waals surface area contributed by atoms with Crippen LogP contribution < -0.4 is 5.32 Å². The van der Waals surface area contributed by atoms with Crippen molar-refractivity contribution in [2.45, 2.75) is 44.3 Å². The second-order valence-electron chi connectivity index (χ2n) is 7.88. The molecule has 1 N–H and O–H groups in total. The third-order valence-electron chi connectivity index (χ3n) is 6.14. The fraction of sp³-hybridized carbons (Fsp3) is 0.737. The molecule has 2 bridgehead atoms. The molecular formula is C19H27N3O4. The van der Waals surface area contributed by atoms with E-state index in [4.69, 9.17) is 4.74 Å². The number of hydrogen-bond acceptors (Lipinski definition) is 4. The minimum absolute atomic E-state index is 0.0182. The Balaban J connectivity index is 1.50. The lowest BCUT2D eigenvalue weighted by Gasteiger charge is -2.29. The van der Waals surface area contributed by atoms with Crippen LogP contribution in [0.4, 0.5) is 0 Å². The molecule has 7 nitrogen and oxygen atoms in total. The molecule has 0 aliphatic carbocycles. The molecule has 3 fully saturated rings. The van der Waals surface area contributed by atoms with Crippen molar-refractivity contribution < 1.29 is 19.1 Å². The summed E-state index contributed by atoms with van der Waals surface area (Å²) in [4.78, 5) is 41.0. The second kappa shape index (κ2) is 6.68. The summed E-state index contributed by atoms with van der Waals surface area (Å²) >= 11 is 0. The first-order valence-corrected chi connectivity index (χ1v) is 9.71. The lowest BCUT2D eigenvalue weighted by Crippen LogP contribution is -2.46. The molecule has 4 atom stereocenters. The third-order valence-corrected chi connectivity index (χ3v) is 6.14. The molecule has 26 heavy (non-hydrogen) atoms. The Hall–Kier alpha value is -1.89. The molecule has 142 valence electrons. The first-order chi connectivity index (χ1) is 12.5. The van der Waals surface area contributed by atoms with Crippen LogP contribution in [0.5, 0.6) is 0 Å². The topological polar surface area (TPSA) is 79.0 Å². The highest BCUT2D eigenvalue weighted by atomic mass is 16.5. The van der Waals surface area contributed by atoms with Crippen LogP contribution in [0.25, 0.3) is 0 Å². The summed E-state index contributed by atoms with van der Waals surface area (Å²) in [5, 5.41) is 2.73. The Labute approximate surface area is 153 Å². The summed E-state index contributed by atoms with van der Waals surface area (Å²) in [5.41, 5.74) is -0.663. The highest BCUT2D eigenvalue weighted by Gasteiger charge is 2.67. The van der Waals surface area contributed by atoms with Gasteiger partial charge in [0.15, 0.2) is 0 Å². The zero-order valence-corrected chi connectivity index (χ0v) is 15.3. The van der Waals surface area contributed by atoms with Gasteiger partial charge >= 0.3 is 0 Å². The Morgan fingerprint density at radius 3 is 2.69 bits per heavy atom. The number of amides is 3. The fourth-order valence-electron chi connectivity index (χ4n) is 4.92. The Morgan fingerprint density at radius 1 is 1.27 bits per heavy atom. The third kappa shape index (κ3) is 2.82. The average molecular weight is 361 g/mol. The molecule has 4 heterocycles. The Bertz CT molecular complexity index is 641. The molecule has 4 aliphatic rings. The quantitative estimate of drug-likeness (QED) is 0.731. The summed E-state index contributed by atoms with van der Waals surface area (Å²) in [6.45, 7) is 4.36. The van der Waals surface area contributed by atoms with Crippen molar-refractivity contribution in [3.8, 4) is 0 Å². The molecule has 0 aromatic carbocycles. The van der Waals surface area contributed by atoms with Gasteiger partial charge in [0.2, 0.25) is 17.7 Å². The van der Waals surface area contributed by atoms with Crippen LogP contribution in [0.1, 0.15) is 32.6 Å². The lowest BCUT2D eigenvalue weighted by molar-refractivity contribution is -0.143. The van der Waals surface area contributed by atoms with Crippen LogP contribution in [0.3, 0.4) is 0 Å². The first kappa shape index (κ1) is 17.5. The predicted molar refractivity (Wildman–Crippen MR) is 94.0 cm³/mol. The first-order valence-electron chi connectivity index (χ1n) is 9.71. The smallest absolute Gasteiger partial charge is 0.230 e. The largest absolute Gasteiger partial charge is 0.360 e. The monoisotopic (exact) mass is 361 g/mol. The average Bonchev–Trinajstić information content (AvgIpc) is 3.13. The van der Waals surface area contributed by atoms with E-state index in [1.807, 2.05) is 17.1 Å². The minimum Gasteiger partial charge on any atom is -0.360 e. The van der Waals surface area contributed by atoms with Gasteiger partial charge in [-0.05, 0) is 12.8 Å². The van der Waals surface area contributed by atoms with Gasteiger partial charge in [-0.15, -0.1) is 0 Å². The van der Waals surface area contributed by atoms with Gasteiger partial charge in [-0.1, -0.05) is 25.0 Å². The van der Waals surface area contributed by atoms with Gasteiger partial charge in [-0.3, -0.25) is 14.4 Å². The van der Waals surface area contributed by atoms with Gasteiger partial charge in [0.1, 0.15) is 5.60 Å². The summed E-state index contributed by atoms with van der Waals surface area (Å²) in [6.07, 6.45) is 8.05. The van der Waals surface area contributed by atoms with Crippen LogP contribution in [0.2, 0.25) is 0 Å². The van der Waals surface area contributed by atoms with Crippen molar-refractivity contribution >= 4 is 17.7 Å². The molecule has 4 aliphatic heterocycles. The van der Waals surface area contributed by atoms with E-state index in [1.54, 1.807) is 4.90 Å². The maximum atomic E-state index is 13.2. The molecule has 0 unspecified atom stereocenters. The number of fused-ring (bicyclic) bond motifs is 1. The van der Waals surface area contributed by atoms with Gasteiger partial charge in [-0.2, -0.15) is 0 Å². The van der Waals surface area contributed by atoms with Crippen molar-refractivity contribution in [3.63, 3.8) is 0 Å². The van der Waals surface area contributed by atoms with Crippen LogP contribution in [-0.4, -0.2) is 72.0 Å². The van der Waals surface area contributed by atoms with E-state index in [0.29, 0.717) is 19.6 Å². The van der Waals surface area contributed by atoms with Gasteiger partial charge in [0, 0.05) is 33.1 Å². The Kier molecular flexibility index (Phi) is 4.50. The van der Waals surface area contributed by atoms with Crippen LogP contribution in [0, 0.1) is 11.8 Å². The molecule has 0 radical (unpaired) electrons. The molecule has 7 heteroatoms. The fourth-order valence-corrected chi connectivity index (χ4v) is 4.92. The highest BCUT2D eigenvalue weighted by Crippen LogP contribution is 2.52. The molecule has 4 rings (SSSR count). The molecule has 0 aromatic heterocycles. The van der Waals surface area contributed by atoms with Crippen LogP contribution in [-0.2, 0) is 19.1 Å².